The van der Waals surface area contributed by atoms with Crippen molar-refractivity contribution in [2.75, 3.05) is 13.1 Å². The number of benzene rings is 1. The largest absolute Gasteiger partial charge is 0.317 e. The van der Waals surface area contributed by atoms with Crippen molar-refractivity contribution in [1.29, 1.82) is 0 Å². The van der Waals surface area contributed by atoms with Crippen molar-refractivity contribution >= 4 is 0 Å². The summed E-state index contributed by atoms with van der Waals surface area (Å²) in [6.07, 6.45) is 0.768. The first-order valence-electron chi connectivity index (χ1n) is 5.28. The van der Waals surface area contributed by atoms with Gasteiger partial charge in [-0.15, -0.1) is 0 Å². The molecule has 1 unspecified atom stereocenters. The maximum Gasteiger partial charge on any atom is 0.159 e. The zero-order valence-corrected chi connectivity index (χ0v) is 9.19. The van der Waals surface area contributed by atoms with Crippen molar-refractivity contribution < 1.29 is 8.78 Å². The second-order valence-electron chi connectivity index (χ2n) is 3.87. The van der Waals surface area contributed by atoms with E-state index in [2.05, 4.69) is 12.2 Å². The van der Waals surface area contributed by atoms with Crippen LogP contribution in [0.1, 0.15) is 19.4 Å². The van der Waals surface area contributed by atoms with E-state index in [9.17, 15) is 8.78 Å². The van der Waals surface area contributed by atoms with Gasteiger partial charge in [0.15, 0.2) is 11.6 Å². The Morgan fingerprint density at radius 1 is 1.27 bits per heavy atom. The average Bonchev–Trinajstić information content (AvgIpc) is 2.20. The molecule has 0 spiro atoms. The van der Waals surface area contributed by atoms with Gasteiger partial charge in [0.1, 0.15) is 0 Å². The number of halogens is 2. The highest BCUT2D eigenvalue weighted by Gasteiger charge is 2.06. The number of rotatable bonds is 5. The molecule has 0 amide bonds. The molecule has 1 atom stereocenters. The molecule has 0 aliphatic rings. The van der Waals surface area contributed by atoms with Gasteiger partial charge in [-0.25, -0.2) is 8.78 Å². The lowest BCUT2D eigenvalue weighted by Gasteiger charge is -2.11. The van der Waals surface area contributed by atoms with Gasteiger partial charge < -0.3 is 5.32 Å². The van der Waals surface area contributed by atoms with Crippen LogP contribution in [0.4, 0.5) is 8.78 Å². The zero-order chi connectivity index (χ0) is 11.3. The van der Waals surface area contributed by atoms with Crippen LogP contribution in [0.15, 0.2) is 18.2 Å². The van der Waals surface area contributed by atoms with E-state index in [-0.39, 0.29) is 0 Å². The van der Waals surface area contributed by atoms with Crippen LogP contribution < -0.4 is 5.32 Å². The SMILES string of the molecule is CCNCC(C)Cc1ccc(F)c(F)c1. The molecule has 0 heterocycles. The highest BCUT2D eigenvalue weighted by atomic mass is 19.2. The minimum atomic E-state index is -0.780. The normalized spacial score (nSPS) is 12.8. The van der Waals surface area contributed by atoms with Crippen molar-refractivity contribution in [2.24, 2.45) is 5.92 Å². The van der Waals surface area contributed by atoms with Crippen LogP contribution >= 0.6 is 0 Å². The fourth-order valence-corrected chi connectivity index (χ4v) is 1.53. The Morgan fingerprint density at radius 3 is 2.60 bits per heavy atom. The summed E-state index contributed by atoms with van der Waals surface area (Å²) in [6, 6.07) is 4.10. The Bertz CT molecular complexity index is 312. The molecule has 0 aliphatic carbocycles. The van der Waals surface area contributed by atoms with Crippen molar-refractivity contribution in [1.82, 2.24) is 5.32 Å². The topological polar surface area (TPSA) is 12.0 Å². The Hall–Kier alpha value is -0.960. The number of hydrogen-bond acceptors (Lipinski definition) is 1. The van der Waals surface area contributed by atoms with Gasteiger partial charge in [-0.1, -0.05) is 19.9 Å². The summed E-state index contributed by atoms with van der Waals surface area (Å²) in [5, 5.41) is 3.23. The van der Waals surface area contributed by atoms with E-state index in [1.165, 1.54) is 12.1 Å². The summed E-state index contributed by atoms with van der Waals surface area (Å²) >= 11 is 0. The van der Waals surface area contributed by atoms with Gasteiger partial charge in [-0.05, 0) is 43.1 Å². The van der Waals surface area contributed by atoms with Gasteiger partial charge in [-0.2, -0.15) is 0 Å². The molecule has 0 fully saturated rings. The van der Waals surface area contributed by atoms with Gasteiger partial charge >= 0.3 is 0 Å². The van der Waals surface area contributed by atoms with E-state index in [1.807, 2.05) is 6.92 Å². The third-order valence-corrected chi connectivity index (χ3v) is 2.31. The molecule has 0 saturated carbocycles. The van der Waals surface area contributed by atoms with E-state index in [4.69, 9.17) is 0 Å². The van der Waals surface area contributed by atoms with E-state index >= 15 is 0 Å². The molecular weight excluding hydrogens is 196 g/mol. The second kappa shape index (κ2) is 5.81. The van der Waals surface area contributed by atoms with E-state index in [0.29, 0.717) is 5.92 Å². The Labute approximate surface area is 89.5 Å². The molecular formula is C12H17F2N. The Balaban J connectivity index is 2.53. The van der Waals surface area contributed by atoms with Crippen LogP contribution in [0, 0.1) is 17.6 Å². The number of nitrogens with one attached hydrogen (secondary N) is 1. The maximum atomic E-state index is 12.9. The van der Waals surface area contributed by atoms with Gasteiger partial charge in [0.05, 0.1) is 0 Å². The van der Waals surface area contributed by atoms with E-state index in [1.54, 1.807) is 6.07 Å². The van der Waals surface area contributed by atoms with Crippen LogP contribution in [0.5, 0.6) is 0 Å². The maximum absolute atomic E-state index is 12.9. The minimum Gasteiger partial charge on any atom is -0.317 e. The molecule has 84 valence electrons. The first kappa shape index (κ1) is 12.1. The molecule has 0 aliphatic heterocycles. The van der Waals surface area contributed by atoms with Crippen molar-refractivity contribution in [3.05, 3.63) is 35.4 Å². The second-order valence-corrected chi connectivity index (χ2v) is 3.87. The quantitative estimate of drug-likeness (QED) is 0.793. The minimum absolute atomic E-state index is 0.426. The lowest BCUT2D eigenvalue weighted by Crippen LogP contribution is -2.21. The van der Waals surface area contributed by atoms with E-state index < -0.39 is 11.6 Å². The summed E-state index contributed by atoms with van der Waals surface area (Å²) in [5.41, 5.74) is 0.847. The summed E-state index contributed by atoms with van der Waals surface area (Å²) in [5.74, 6) is -1.11. The van der Waals surface area contributed by atoms with Crippen LogP contribution in [-0.4, -0.2) is 13.1 Å². The standard InChI is InChI=1S/C12H17F2N/c1-3-15-8-9(2)6-10-4-5-11(13)12(14)7-10/h4-5,7,9,15H,3,6,8H2,1-2H3. The lowest BCUT2D eigenvalue weighted by molar-refractivity contribution is 0.497. The predicted octanol–water partition coefficient (Wildman–Crippen LogP) is 2.75. The molecule has 0 aromatic heterocycles. The highest BCUT2D eigenvalue weighted by molar-refractivity contribution is 5.18. The molecule has 1 aromatic rings. The fraction of sp³-hybridized carbons (Fsp3) is 0.500. The van der Waals surface area contributed by atoms with Crippen LogP contribution in [0.2, 0.25) is 0 Å². The summed E-state index contributed by atoms with van der Waals surface area (Å²) in [6.45, 7) is 5.96. The smallest absolute Gasteiger partial charge is 0.159 e. The first-order chi connectivity index (χ1) is 7.13. The average molecular weight is 213 g/mol. The molecule has 1 rings (SSSR count). The van der Waals surface area contributed by atoms with Gasteiger partial charge in [0, 0.05) is 0 Å². The number of hydrogen-bond donors (Lipinski definition) is 1. The lowest BCUT2D eigenvalue weighted by atomic mass is 10.0. The molecule has 1 aromatic carbocycles. The predicted molar refractivity (Wildman–Crippen MR) is 57.8 cm³/mol. The molecule has 15 heavy (non-hydrogen) atoms. The van der Waals surface area contributed by atoms with Crippen molar-refractivity contribution in [3.63, 3.8) is 0 Å². The monoisotopic (exact) mass is 213 g/mol. The Morgan fingerprint density at radius 2 is 2.00 bits per heavy atom. The van der Waals surface area contributed by atoms with Crippen LogP contribution in [-0.2, 0) is 6.42 Å². The third kappa shape index (κ3) is 3.96. The fourth-order valence-electron chi connectivity index (χ4n) is 1.53. The van der Waals surface area contributed by atoms with Gasteiger partial charge in [-0.3, -0.25) is 0 Å². The van der Waals surface area contributed by atoms with E-state index in [0.717, 1.165) is 25.1 Å². The van der Waals surface area contributed by atoms with Gasteiger partial charge in [0.25, 0.3) is 0 Å². The molecule has 0 saturated heterocycles. The summed E-state index contributed by atoms with van der Waals surface area (Å²) in [4.78, 5) is 0. The zero-order valence-electron chi connectivity index (χ0n) is 9.19. The molecule has 1 nitrogen and oxygen atoms in total. The molecule has 0 bridgehead atoms. The van der Waals surface area contributed by atoms with Crippen LogP contribution in [0.3, 0.4) is 0 Å². The van der Waals surface area contributed by atoms with Gasteiger partial charge in [0.2, 0.25) is 0 Å². The third-order valence-electron chi connectivity index (χ3n) is 2.31. The van der Waals surface area contributed by atoms with Crippen molar-refractivity contribution in [3.8, 4) is 0 Å². The summed E-state index contributed by atoms with van der Waals surface area (Å²) in [7, 11) is 0. The molecule has 0 radical (unpaired) electrons. The molecule has 1 N–H and O–H groups in total. The first-order valence-corrected chi connectivity index (χ1v) is 5.28. The van der Waals surface area contributed by atoms with Crippen molar-refractivity contribution in [2.45, 2.75) is 20.3 Å². The van der Waals surface area contributed by atoms with Crippen LogP contribution in [0.25, 0.3) is 0 Å². The Kier molecular flexibility index (Phi) is 4.69. The highest BCUT2D eigenvalue weighted by Crippen LogP contribution is 2.12. The summed E-state index contributed by atoms with van der Waals surface area (Å²) < 4.78 is 25.5. The molecule has 3 heteroatoms.